The third-order valence-electron chi connectivity index (χ3n) is 2.42. The Labute approximate surface area is 104 Å². The second kappa shape index (κ2) is 5.23. The summed E-state index contributed by atoms with van der Waals surface area (Å²) in [7, 11) is 1.67. The van der Waals surface area contributed by atoms with Crippen LogP contribution in [0.2, 0.25) is 0 Å². The van der Waals surface area contributed by atoms with Gasteiger partial charge in [-0.25, -0.2) is 0 Å². The van der Waals surface area contributed by atoms with Crippen LogP contribution in [0.1, 0.15) is 5.56 Å². The molecular formula is C14H12CrO. The van der Waals surface area contributed by atoms with Gasteiger partial charge in [-0.15, -0.1) is 0 Å². The zero-order valence-corrected chi connectivity index (χ0v) is 10.3. The minimum atomic E-state index is 0.819. The summed E-state index contributed by atoms with van der Waals surface area (Å²) in [6.45, 7) is 0. The molecule has 0 spiro atoms. The van der Waals surface area contributed by atoms with Crippen molar-refractivity contribution in [2.45, 2.75) is 0 Å². The van der Waals surface area contributed by atoms with Crippen molar-refractivity contribution in [3.05, 3.63) is 60.2 Å². The topological polar surface area (TPSA) is 9.23 Å². The quantitative estimate of drug-likeness (QED) is 0.811. The van der Waals surface area contributed by atoms with E-state index in [2.05, 4.69) is 40.1 Å². The van der Waals surface area contributed by atoms with E-state index in [-0.39, 0.29) is 0 Å². The molecule has 0 atom stereocenters. The molecule has 0 saturated carbocycles. The first-order valence-electron chi connectivity index (χ1n) is 5.05. The Morgan fingerprint density at radius 1 is 0.938 bits per heavy atom. The summed E-state index contributed by atoms with van der Waals surface area (Å²) >= 11 is 2.95. The predicted octanol–water partition coefficient (Wildman–Crippen LogP) is 3.02. The van der Waals surface area contributed by atoms with Crippen molar-refractivity contribution in [2.75, 3.05) is 7.11 Å². The van der Waals surface area contributed by atoms with Crippen LogP contribution < -0.4 is 0 Å². The van der Waals surface area contributed by atoms with Crippen LogP contribution in [0, 0.1) is 0 Å². The molecule has 0 bridgehead atoms. The number of ether oxygens (including phenoxy) is 1. The van der Waals surface area contributed by atoms with Crippen molar-refractivity contribution in [1.82, 2.24) is 0 Å². The third kappa shape index (κ3) is 2.31. The monoisotopic (exact) mass is 248 g/mol. The van der Waals surface area contributed by atoms with Crippen molar-refractivity contribution in [1.29, 1.82) is 0 Å². The summed E-state index contributed by atoms with van der Waals surface area (Å²) in [6, 6.07) is 18.5. The zero-order valence-electron chi connectivity index (χ0n) is 9.01. The van der Waals surface area contributed by atoms with Gasteiger partial charge in [0.25, 0.3) is 0 Å². The van der Waals surface area contributed by atoms with Gasteiger partial charge in [-0.3, -0.25) is 0 Å². The molecule has 2 aromatic carbocycles. The van der Waals surface area contributed by atoms with Gasteiger partial charge in [-0.2, -0.15) is 0 Å². The molecule has 0 aromatic heterocycles. The fraction of sp³-hybridized carbons (Fsp3) is 0.0714. The molecule has 0 N–H and O–H groups in total. The van der Waals surface area contributed by atoms with Crippen molar-refractivity contribution < 1.29 is 20.6 Å². The Bertz CT molecular complexity index is 491. The molecule has 2 rings (SSSR count). The van der Waals surface area contributed by atoms with Gasteiger partial charge in [-0.1, -0.05) is 0 Å². The molecule has 2 heteroatoms. The average Bonchev–Trinajstić information content (AvgIpc) is 2.39. The Hall–Kier alpha value is -1.20. The van der Waals surface area contributed by atoms with Crippen molar-refractivity contribution >= 4 is 4.57 Å². The number of benzene rings is 2. The molecule has 0 aliphatic heterocycles. The summed E-state index contributed by atoms with van der Waals surface area (Å²) < 4.78 is 6.08. The van der Waals surface area contributed by atoms with Crippen LogP contribution in [0.3, 0.4) is 0 Å². The average molecular weight is 248 g/mol. The Morgan fingerprint density at radius 2 is 1.56 bits per heavy atom. The second-order valence-corrected chi connectivity index (χ2v) is 3.98. The van der Waals surface area contributed by atoms with Crippen LogP contribution in [0.4, 0.5) is 0 Å². The van der Waals surface area contributed by atoms with Crippen LogP contribution in [0.25, 0.3) is 11.1 Å². The maximum absolute atomic E-state index is 5.26. The van der Waals surface area contributed by atoms with Crippen LogP contribution in [-0.4, -0.2) is 11.7 Å². The first-order valence-corrected chi connectivity index (χ1v) is 5.69. The first kappa shape index (κ1) is 11.3. The van der Waals surface area contributed by atoms with Gasteiger partial charge in [-0.05, 0) is 0 Å². The molecule has 0 heterocycles. The SMILES string of the molecule is CO[C](=[Cr])c1ccccc1-c1ccccc1. The molecule has 0 radical (unpaired) electrons. The number of methoxy groups -OCH3 is 1. The molecular weight excluding hydrogens is 236 g/mol. The van der Waals surface area contributed by atoms with Gasteiger partial charge >= 0.3 is 104 Å². The van der Waals surface area contributed by atoms with Crippen molar-refractivity contribution in [3.8, 4) is 11.1 Å². The Morgan fingerprint density at radius 3 is 2.25 bits per heavy atom. The van der Waals surface area contributed by atoms with E-state index in [4.69, 9.17) is 4.74 Å². The van der Waals surface area contributed by atoms with E-state index in [1.807, 2.05) is 30.3 Å². The number of hydrogen-bond donors (Lipinski definition) is 0. The predicted molar refractivity (Wildman–Crippen MR) is 63.0 cm³/mol. The molecule has 0 aliphatic rings. The summed E-state index contributed by atoms with van der Waals surface area (Å²) in [5.74, 6) is 0. The molecule has 0 aliphatic carbocycles. The minimum absolute atomic E-state index is 0.819. The number of hydrogen-bond acceptors (Lipinski definition) is 1. The van der Waals surface area contributed by atoms with Crippen LogP contribution in [0.5, 0.6) is 0 Å². The fourth-order valence-electron chi connectivity index (χ4n) is 1.64. The Kier molecular flexibility index (Phi) is 3.69. The van der Waals surface area contributed by atoms with E-state index in [0.717, 1.165) is 10.1 Å². The van der Waals surface area contributed by atoms with Crippen molar-refractivity contribution in [2.24, 2.45) is 0 Å². The van der Waals surface area contributed by atoms with Gasteiger partial charge in [0, 0.05) is 0 Å². The summed E-state index contributed by atoms with van der Waals surface area (Å²) in [4.78, 5) is 0. The van der Waals surface area contributed by atoms with Gasteiger partial charge < -0.3 is 0 Å². The molecule has 0 unspecified atom stereocenters. The van der Waals surface area contributed by atoms with Gasteiger partial charge in [0.05, 0.1) is 0 Å². The molecule has 1 nitrogen and oxygen atoms in total. The van der Waals surface area contributed by atoms with E-state index < -0.39 is 0 Å². The third-order valence-corrected chi connectivity index (χ3v) is 3.02. The summed E-state index contributed by atoms with van der Waals surface area (Å²) in [5, 5.41) is 0. The zero-order chi connectivity index (χ0) is 11.4. The fourth-order valence-corrected chi connectivity index (χ4v) is 1.92. The van der Waals surface area contributed by atoms with Gasteiger partial charge in [0.1, 0.15) is 0 Å². The Balaban J connectivity index is 2.53. The first-order chi connectivity index (χ1) is 7.83. The van der Waals surface area contributed by atoms with E-state index >= 15 is 0 Å². The van der Waals surface area contributed by atoms with Gasteiger partial charge in [0.2, 0.25) is 0 Å². The summed E-state index contributed by atoms with van der Waals surface area (Å²) in [5.41, 5.74) is 3.47. The molecule has 16 heavy (non-hydrogen) atoms. The van der Waals surface area contributed by atoms with Crippen LogP contribution >= 0.6 is 0 Å². The standard InChI is InChI=1S/C14H12O.Cr/c1-15-11-13-9-5-6-10-14(13)12-7-3-2-4-8-12;/h2-10H,1H3;. The van der Waals surface area contributed by atoms with E-state index in [1.165, 1.54) is 11.1 Å². The molecule has 2 aromatic rings. The van der Waals surface area contributed by atoms with E-state index in [0.29, 0.717) is 0 Å². The number of rotatable bonds is 3. The van der Waals surface area contributed by atoms with Crippen molar-refractivity contribution in [3.63, 3.8) is 0 Å². The molecule has 0 saturated heterocycles. The second-order valence-electron chi connectivity index (χ2n) is 3.40. The molecule has 0 fully saturated rings. The van der Waals surface area contributed by atoms with Crippen LogP contribution in [-0.2, 0) is 20.6 Å². The molecule has 0 amide bonds. The van der Waals surface area contributed by atoms with Gasteiger partial charge in [0.15, 0.2) is 0 Å². The van der Waals surface area contributed by atoms with E-state index in [9.17, 15) is 0 Å². The maximum atomic E-state index is 5.26. The van der Waals surface area contributed by atoms with E-state index in [1.54, 1.807) is 7.11 Å². The summed E-state index contributed by atoms with van der Waals surface area (Å²) in [6.07, 6.45) is 0. The van der Waals surface area contributed by atoms with Crippen LogP contribution in [0.15, 0.2) is 54.6 Å². The normalized spacial score (nSPS) is 10.1. The molecule has 80 valence electrons.